The summed E-state index contributed by atoms with van der Waals surface area (Å²) in [6, 6.07) is 7.05. The molecule has 0 N–H and O–H groups in total. The number of hydrogen-bond donors (Lipinski definition) is 0. The zero-order valence-corrected chi connectivity index (χ0v) is 16.2. The number of ether oxygens (including phenoxy) is 1. The SMILES string of the molecule is Cc1cc2ncnn2nc1C1=CCN(S(=O)(=O)c2ccc3c(c2)CCO3)CC1. The third-order valence-corrected chi connectivity index (χ3v) is 7.11. The minimum absolute atomic E-state index is 0.321. The van der Waals surface area contributed by atoms with Crippen LogP contribution in [0.2, 0.25) is 0 Å². The number of hydrogen-bond acceptors (Lipinski definition) is 6. The van der Waals surface area contributed by atoms with E-state index in [0.29, 0.717) is 36.7 Å². The molecule has 0 saturated heterocycles. The van der Waals surface area contributed by atoms with Gasteiger partial charge in [0, 0.05) is 19.5 Å². The van der Waals surface area contributed by atoms with Gasteiger partial charge in [-0.05, 0) is 54.3 Å². The van der Waals surface area contributed by atoms with Gasteiger partial charge in [0.2, 0.25) is 10.0 Å². The van der Waals surface area contributed by atoms with Gasteiger partial charge in [-0.15, -0.1) is 14.8 Å². The van der Waals surface area contributed by atoms with Crippen molar-refractivity contribution in [1.29, 1.82) is 0 Å². The summed E-state index contributed by atoms with van der Waals surface area (Å²) in [6.45, 7) is 3.32. The van der Waals surface area contributed by atoms with E-state index >= 15 is 0 Å². The molecule has 0 atom stereocenters. The standard InChI is InChI=1S/C19H19N5O3S/c1-13-10-18-20-12-21-24(18)22-19(13)14-4-7-23(8-5-14)28(25,26)16-2-3-17-15(11-16)6-9-27-17/h2-4,10-12H,5-9H2,1H3. The largest absolute Gasteiger partial charge is 0.493 e. The Kier molecular flexibility index (Phi) is 3.95. The van der Waals surface area contributed by atoms with Crippen LogP contribution in [0.5, 0.6) is 5.75 Å². The lowest BCUT2D eigenvalue weighted by atomic mass is 10.0. The number of fused-ring (bicyclic) bond motifs is 2. The number of sulfonamides is 1. The van der Waals surface area contributed by atoms with Gasteiger partial charge < -0.3 is 4.74 Å². The van der Waals surface area contributed by atoms with Crippen LogP contribution in [0.25, 0.3) is 11.2 Å². The molecule has 0 bridgehead atoms. The van der Waals surface area contributed by atoms with Crippen LogP contribution in [0.1, 0.15) is 23.2 Å². The summed E-state index contributed by atoms with van der Waals surface area (Å²) < 4.78 is 34.6. The molecule has 144 valence electrons. The number of aromatic nitrogens is 4. The quantitative estimate of drug-likeness (QED) is 0.670. The topological polar surface area (TPSA) is 89.7 Å². The van der Waals surface area contributed by atoms with Gasteiger partial charge in [-0.2, -0.15) is 4.31 Å². The molecule has 0 unspecified atom stereocenters. The molecule has 2 aliphatic rings. The monoisotopic (exact) mass is 397 g/mol. The van der Waals surface area contributed by atoms with Crippen LogP contribution in [-0.2, 0) is 16.4 Å². The van der Waals surface area contributed by atoms with Crippen LogP contribution in [0, 0.1) is 6.92 Å². The molecule has 2 aliphatic heterocycles. The first-order valence-electron chi connectivity index (χ1n) is 9.15. The highest BCUT2D eigenvalue weighted by molar-refractivity contribution is 7.89. The summed E-state index contributed by atoms with van der Waals surface area (Å²) in [4.78, 5) is 4.47. The Morgan fingerprint density at radius 2 is 2.07 bits per heavy atom. The first-order valence-corrected chi connectivity index (χ1v) is 10.6. The van der Waals surface area contributed by atoms with Crippen molar-refractivity contribution in [2.45, 2.75) is 24.7 Å². The highest BCUT2D eigenvalue weighted by Gasteiger charge is 2.28. The highest BCUT2D eigenvalue weighted by atomic mass is 32.2. The van der Waals surface area contributed by atoms with Crippen LogP contribution >= 0.6 is 0 Å². The predicted octanol–water partition coefficient (Wildman–Crippen LogP) is 1.85. The molecular formula is C19H19N5O3S. The van der Waals surface area contributed by atoms with Gasteiger partial charge in [0.15, 0.2) is 5.65 Å². The molecule has 8 nitrogen and oxygen atoms in total. The Hall–Kier alpha value is -2.78. The second-order valence-electron chi connectivity index (χ2n) is 6.99. The van der Waals surface area contributed by atoms with Crippen molar-refractivity contribution < 1.29 is 13.2 Å². The van der Waals surface area contributed by atoms with E-state index in [4.69, 9.17) is 4.74 Å². The van der Waals surface area contributed by atoms with Crippen LogP contribution in [0.15, 0.2) is 41.6 Å². The fourth-order valence-electron chi connectivity index (χ4n) is 3.73. The van der Waals surface area contributed by atoms with Gasteiger partial charge in [0.05, 0.1) is 17.2 Å². The Balaban J connectivity index is 1.42. The molecule has 0 aliphatic carbocycles. The summed E-state index contributed by atoms with van der Waals surface area (Å²) in [5, 5.41) is 8.62. The second-order valence-corrected chi connectivity index (χ2v) is 8.93. The van der Waals surface area contributed by atoms with E-state index in [1.807, 2.05) is 19.1 Å². The summed E-state index contributed by atoms with van der Waals surface area (Å²) in [5.41, 5.74) is 4.52. The van der Waals surface area contributed by atoms with Crippen molar-refractivity contribution in [3.8, 4) is 5.75 Å². The lowest BCUT2D eigenvalue weighted by Crippen LogP contribution is -2.34. The maximum Gasteiger partial charge on any atom is 0.243 e. The lowest BCUT2D eigenvalue weighted by Gasteiger charge is -2.26. The smallest absolute Gasteiger partial charge is 0.243 e. The van der Waals surface area contributed by atoms with Gasteiger partial charge in [-0.3, -0.25) is 0 Å². The predicted molar refractivity (Wildman–Crippen MR) is 103 cm³/mol. The zero-order valence-electron chi connectivity index (χ0n) is 15.4. The van der Waals surface area contributed by atoms with Crippen LogP contribution < -0.4 is 4.74 Å². The van der Waals surface area contributed by atoms with Gasteiger partial charge in [-0.25, -0.2) is 13.4 Å². The molecule has 0 fully saturated rings. The van der Waals surface area contributed by atoms with E-state index in [2.05, 4.69) is 15.2 Å². The van der Waals surface area contributed by atoms with Gasteiger partial charge >= 0.3 is 0 Å². The minimum atomic E-state index is -3.54. The molecule has 9 heteroatoms. The highest BCUT2D eigenvalue weighted by Crippen LogP contribution is 2.31. The fourth-order valence-corrected chi connectivity index (χ4v) is 5.16. The molecule has 3 aromatic rings. The number of nitrogens with zero attached hydrogens (tertiary/aromatic N) is 5. The summed E-state index contributed by atoms with van der Waals surface area (Å²) in [6.07, 6.45) is 4.76. The van der Waals surface area contributed by atoms with Gasteiger partial charge in [-0.1, -0.05) is 6.08 Å². The Labute approximate surface area is 162 Å². The van der Waals surface area contributed by atoms with E-state index in [1.54, 1.807) is 18.2 Å². The first-order chi connectivity index (χ1) is 13.5. The van der Waals surface area contributed by atoms with Gasteiger partial charge in [0.1, 0.15) is 12.1 Å². The fraction of sp³-hybridized carbons (Fsp3) is 0.316. The van der Waals surface area contributed by atoms with Crippen molar-refractivity contribution in [3.63, 3.8) is 0 Å². The Morgan fingerprint density at radius 3 is 2.89 bits per heavy atom. The third-order valence-electron chi connectivity index (χ3n) is 5.24. The number of aryl methyl sites for hydroxylation is 1. The average molecular weight is 397 g/mol. The van der Waals surface area contributed by atoms with Crippen molar-refractivity contribution in [3.05, 3.63) is 53.5 Å². The van der Waals surface area contributed by atoms with E-state index in [9.17, 15) is 8.42 Å². The Morgan fingerprint density at radius 1 is 1.18 bits per heavy atom. The second kappa shape index (κ2) is 6.39. The lowest BCUT2D eigenvalue weighted by molar-refractivity contribution is 0.356. The first kappa shape index (κ1) is 17.3. The van der Waals surface area contributed by atoms with Crippen molar-refractivity contribution in [2.24, 2.45) is 0 Å². The van der Waals surface area contributed by atoms with E-state index < -0.39 is 10.0 Å². The molecule has 0 saturated carbocycles. The number of benzene rings is 1. The molecule has 0 radical (unpaired) electrons. The van der Waals surface area contributed by atoms with Gasteiger partial charge in [0.25, 0.3) is 0 Å². The normalized spacial score (nSPS) is 17.4. The van der Waals surface area contributed by atoms with Crippen LogP contribution in [0.4, 0.5) is 0 Å². The maximum absolute atomic E-state index is 13.1. The van der Waals surface area contributed by atoms with Crippen LogP contribution in [-0.4, -0.2) is 52.2 Å². The number of rotatable bonds is 3. The van der Waals surface area contributed by atoms with Crippen molar-refractivity contribution in [1.82, 2.24) is 24.1 Å². The molecule has 5 rings (SSSR count). The zero-order chi connectivity index (χ0) is 19.3. The van der Waals surface area contributed by atoms with Crippen molar-refractivity contribution >= 4 is 21.2 Å². The average Bonchev–Trinajstić information content (AvgIpc) is 3.35. The van der Waals surface area contributed by atoms with E-state index in [1.165, 1.54) is 15.3 Å². The summed E-state index contributed by atoms with van der Waals surface area (Å²) >= 11 is 0. The Bertz CT molecular complexity index is 1220. The van der Waals surface area contributed by atoms with Crippen LogP contribution in [0.3, 0.4) is 0 Å². The third kappa shape index (κ3) is 2.78. The maximum atomic E-state index is 13.1. The van der Waals surface area contributed by atoms with E-state index in [-0.39, 0.29) is 0 Å². The van der Waals surface area contributed by atoms with E-state index in [0.717, 1.165) is 34.6 Å². The summed E-state index contributed by atoms with van der Waals surface area (Å²) in [5.74, 6) is 0.782. The summed E-state index contributed by atoms with van der Waals surface area (Å²) in [7, 11) is -3.54. The molecular weight excluding hydrogens is 378 g/mol. The minimum Gasteiger partial charge on any atom is -0.493 e. The van der Waals surface area contributed by atoms with Crippen molar-refractivity contribution in [2.75, 3.05) is 19.7 Å². The molecule has 28 heavy (non-hydrogen) atoms. The molecule has 1 aromatic carbocycles. The molecule has 0 spiro atoms. The molecule has 4 heterocycles. The molecule has 0 amide bonds. The molecule has 2 aromatic heterocycles.